The monoisotopic (exact) mass is 392 g/mol. The van der Waals surface area contributed by atoms with Gasteiger partial charge in [0.2, 0.25) is 11.8 Å². The normalized spacial score (nSPS) is 10.2. The van der Waals surface area contributed by atoms with Crippen molar-refractivity contribution in [3.63, 3.8) is 0 Å². The molecule has 2 amide bonds. The highest BCUT2D eigenvalue weighted by molar-refractivity contribution is 9.10. The number of carbonyl (C=O) groups excluding carboxylic acids is 3. The first-order chi connectivity index (χ1) is 11.5. The molecule has 0 aliphatic rings. The molecule has 7 heteroatoms. The molecular formula is C17H17BrN2O4. The van der Waals surface area contributed by atoms with E-state index in [1.807, 2.05) is 0 Å². The maximum atomic E-state index is 11.9. The van der Waals surface area contributed by atoms with Gasteiger partial charge in [-0.25, -0.2) is 0 Å². The molecule has 0 unspecified atom stereocenters. The number of amides is 2. The molecule has 1 heterocycles. The highest BCUT2D eigenvalue weighted by Crippen LogP contribution is 2.12. The van der Waals surface area contributed by atoms with Crippen molar-refractivity contribution in [2.24, 2.45) is 0 Å². The van der Waals surface area contributed by atoms with Crippen molar-refractivity contribution < 1.29 is 18.8 Å². The topological polar surface area (TPSA) is 88.4 Å². The van der Waals surface area contributed by atoms with Crippen LogP contribution in [0.4, 0.5) is 0 Å². The Morgan fingerprint density at radius 3 is 2.38 bits per heavy atom. The number of nitrogens with one attached hydrogen (secondary N) is 2. The predicted molar refractivity (Wildman–Crippen MR) is 91.3 cm³/mol. The Kier molecular flexibility index (Phi) is 6.74. The zero-order valence-corrected chi connectivity index (χ0v) is 14.5. The maximum absolute atomic E-state index is 11.9. The fraction of sp³-hybridized carbons (Fsp3) is 0.235. The molecule has 0 bridgehead atoms. The first-order valence-electron chi connectivity index (χ1n) is 7.39. The number of halogens is 1. The first-order valence-corrected chi connectivity index (χ1v) is 8.18. The van der Waals surface area contributed by atoms with Crippen LogP contribution in [0.1, 0.15) is 29.0 Å². The van der Waals surface area contributed by atoms with Crippen LogP contribution in [-0.4, -0.2) is 24.1 Å². The average molecular weight is 393 g/mol. The minimum Gasteiger partial charge on any atom is -0.467 e. The summed E-state index contributed by atoms with van der Waals surface area (Å²) in [4.78, 5) is 35.2. The summed E-state index contributed by atoms with van der Waals surface area (Å²) in [7, 11) is 0. The summed E-state index contributed by atoms with van der Waals surface area (Å²) in [6.07, 6.45) is 1.66. The van der Waals surface area contributed by atoms with Crippen molar-refractivity contribution in [3.8, 4) is 0 Å². The molecule has 0 spiro atoms. The average Bonchev–Trinajstić information content (AvgIpc) is 3.10. The Labute approximate surface area is 147 Å². The van der Waals surface area contributed by atoms with Crippen LogP contribution in [0.5, 0.6) is 0 Å². The van der Waals surface area contributed by atoms with Gasteiger partial charge in [-0.3, -0.25) is 14.4 Å². The predicted octanol–water partition coefficient (Wildman–Crippen LogP) is 2.44. The molecule has 0 aliphatic heterocycles. The van der Waals surface area contributed by atoms with E-state index >= 15 is 0 Å². The van der Waals surface area contributed by atoms with E-state index in [0.29, 0.717) is 11.3 Å². The molecule has 0 saturated heterocycles. The lowest BCUT2D eigenvalue weighted by atomic mass is 10.1. The third-order valence-electron chi connectivity index (χ3n) is 3.23. The van der Waals surface area contributed by atoms with Crippen LogP contribution in [0, 0.1) is 0 Å². The first kappa shape index (κ1) is 17.9. The minimum absolute atomic E-state index is 0.0420. The molecular weight excluding hydrogens is 376 g/mol. The zero-order valence-electron chi connectivity index (χ0n) is 12.9. The van der Waals surface area contributed by atoms with Crippen LogP contribution in [0.3, 0.4) is 0 Å². The fourth-order valence-electron chi connectivity index (χ4n) is 1.94. The van der Waals surface area contributed by atoms with Gasteiger partial charge in [-0.05, 0) is 24.3 Å². The van der Waals surface area contributed by atoms with Crippen molar-refractivity contribution >= 4 is 33.5 Å². The van der Waals surface area contributed by atoms with Crippen LogP contribution >= 0.6 is 15.9 Å². The maximum Gasteiger partial charge on any atom is 0.239 e. The highest BCUT2D eigenvalue weighted by atomic mass is 79.9. The van der Waals surface area contributed by atoms with E-state index in [2.05, 4.69) is 26.6 Å². The van der Waals surface area contributed by atoms with Crippen LogP contribution in [0.15, 0.2) is 51.6 Å². The Morgan fingerprint density at radius 1 is 0.958 bits per heavy atom. The van der Waals surface area contributed by atoms with Crippen molar-refractivity contribution in [1.29, 1.82) is 0 Å². The summed E-state index contributed by atoms with van der Waals surface area (Å²) >= 11 is 3.30. The van der Waals surface area contributed by atoms with Crippen LogP contribution < -0.4 is 10.6 Å². The summed E-state index contributed by atoms with van der Waals surface area (Å²) in [5, 5.41) is 5.10. The molecule has 2 aromatic rings. The lowest BCUT2D eigenvalue weighted by Gasteiger charge is -2.06. The minimum atomic E-state index is -0.339. The third-order valence-corrected chi connectivity index (χ3v) is 3.76. The van der Waals surface area contributed by atoms with Crippen molar-refractivity contribution in [3.05, 3.63) is 58.5 Å². The summed E-state index contributed by atoms with van der Waals surface area (Å²) in [5.74, 6) is -0.137. The molecule has 1 aromatic carbocycles. The van der Waals surface area contributed by atoms with Gasteiger partial charge in [-0.1, -0.05) is 28.1 Å². The van der Waals surface area contributed by atoms with Gasteiger partial charge in [0, 0.05) is 22.9 Å². The molecule has 2 rings (SSSR count). The van der Waals surface area contributed by atoms with Gasteiger partial charge in [0.05, 0.1) is 19.4 Å². The molecule has 0 atom stereocenters. The van der Waals surface area contributed by atoms with Gasteiger partial charge in [0.1, 0.15) is 5.76 Å². The second-order valence-electron chi connectivity index (χ2n) is 5.06. The summed E-state index contributed by atoms with van der Waals surface area (Å²) < 4.78 is 5.97. The van der Waals surface area contributed by atoms with Gasteiger partial charge >= 0.3 is 0 Å². The van der Waals surface area contributed by atoms with Crippen LogP contribution in [-0.2, 0) is 16.1 Å². The van der Waals surface area contributed by atoms with E-state index in [4.69, 9.17) is 4.42 Å². The molecule has 6 nitrogen and oxygen atoms in total. The lowest BCUT2D eigenvalue weighted by molar-refractivity contribution is -0.126. The largest absolute Gasteiger partial charge is 0.467 e. The van der Waals surface area contributed by atoms with Crippen LogP contribution in [0.25, 0.3) is 0 Å². The number of hydrogen-bond donors (Lipinski definition) is 2. The van der Waals surface area contributed by atoms with Crippen molar-refractivity contribution in [2.75, 3.05) is 6.54 Å². The van der Waals surface area contributed by atoms with E-state index in [-0.39, 0.29) is 43.5 Å². The molecule has 0 aliphatic carbocycles. The molecule has 2 N–H and O–H groups in total. The second-order valence-corrected chi connectivity index (χ2v) is 5.98. The van der Waals surface area contributed by atoms with Crippen molar-refractivity contribution in [1.82, 2.24) is 10.6 Å². The van der Waals surface area contributed by atoms with Gasteiger partial charge < -0.3 is 15.1 Å². The molecule has 1 aromatic heterocycles. The van der Waals surface area contributed by atoms with Gasteiger partial charge in [0.25, 0.3) is 0 Å². The zero-order chi connectivity index (χ0) is 17.4. The molecule has 0 fully saturated rings. The third kappa shape index (κ3) is 6.00. The molecule has 24 heavy (non-hydrogen) atoms. The van der Waals surface area contributed by atoms with E-state index in [0.717, 1.165) is 4.47 Å². The number of hydrogen-bond acceptors (Lipinski definition) is 4. The van der Waals surface area contributed by atoms with Crippen molar-refractivity contribution in [2.45, 2.75) is 19.4 Å². The molecule has 126 valence electrons. The van der Waals surface area contributed by atoms with Gasteiger partial charge in [0.15, 0.2) is 5.78 Å². The highest BCUT2D eigenvalue weighted by Gasteiger charge is 2.10. The van der Waals surface area contributed by atoms with Gasteiger partial charge in [-0.15, -0.1) is 0 Å². The SMILES string of the molecule is O=C(CCC(=O)c1ccc(Br)cc1)NCC(=O)NCc1ccco1. The number of benzene rings is 1. The number of rotatable bonds is 8. The number of Topliss-reactive ketones (excluding diaryl/α,β-unsaturated/α-hetero) is 1. The smallest absolute Gasteiger partial charge is 0.239 e. The Hall–Kier alpha value is -2.41. The van der Waals surface area contributed by atoms with E-state index in [1.165, 1.54) is 6.26 Å². The van der Waals surface area contributed by atoms with Gasteiger partial charge in [-0.2, -0.15) is 0 Å². The molecule has 0 radical (unpaired) electrons. The van der Waals surface area contributed by atoms with E-state index in [1.54, 1.807) is 36.4 Å². The lowest BCUT2D eigenvalue weighted by Crippen LogP contribution is -2.36. The standard InChI is InChI=1S/C17H17BrN2O4/c18-13-5-3-12(4-6-13)15(21)7-8-16(22)20-11-17(23)19-10-14-2-1-9-24-14/h1-6,9H,7-8,10-11H2,(H,19,23)(H,20,22). The number of furan rings is 1. The van der Waals surface area contributed by atoms with E-state index < -0.39 is 0 Å². The summed E-state index contributed by atoms with van der Waals surface area (Å²) in [5.41, 5.74) is 0.558. The summed E-state index contributed by atoms with van der Waals surface area (Å²) in [6.45, 7) is 0.135. The number of carbonyl (C=O) groups is 3. The summed E-state index contributed by atoms with van der Waals surface area (Å²) in [6, 6.07) is 10.4. The van der Waals surface area contributed by atoms with Crippen LogP contribution in [0.2, 0.25) is 0 Å². The Bertz CT molecular complexity index is 696. The Balaban J connectivity index is 1.64. The second kappa shape index (κ2) is 9.02. The molecule has 0 saturated carbocycles. The number of ketones is 1. The van der Waals surface area contributed by atoms with E-state index in [9.17, 15) is 14.4 Å². The fourth-order valence-corrected chi connectivity index (χ4v) is 2.20. The Morgan fingerprint density at radius 2 is 1.71 bits per heavy atom. The quantitative estimate of drug-likeness (QED) is 0.675.